The molecule has 1 aliphatic rings. The number of hydrogen-bond donors (Lipinski definition) is 1. The molecular weight excluding hydrogens is 391 g/mol. The first-order chi connectivity index (χ1) is 12.4. The van der Waals surface area contributed by atoms with Gasteiger partial charge in [0.2, 0.25) is 10.0 Å². The molecule has 0 unspecified atom stereocenters. The van der Waals surface area contributed by atoms with E-state index in [1.807, 2.05) is 12.1 Å². The van der Waals surface area contributed by atoms with E-state index in [2.05, 4.69) is 21.8 Å². The van der Waals surface area contributed by atoms with Gasteiger partial charge < -0.3 is 0 Å². The Morgan fingerprint density at radius 1 is 0.923 bits per heavy atom. The monoisotopic (exact) mass is 412 g/mol. The van der Waals surface area contributed by atoms with Crippen LogP contribution in [0.3, 0.4) is 0 Å². The van der Waals surface area contributed by atoms with Crippen LogP contribution in [0.2, 0.25) is 10.0 Å². The Labute approximate surface area is 165 Å². The molecule has 0 spiro atoms. The average molecular weight is 413 g/mol. The largest absolute Gasteiger partial charge is 0.299 e. The van der Waals surface area contributed by atoms with Crippen LogP contribution in [0.1, 0.15) is 29.5 Å². The lowest BCUT2D eigenvalue weighted by Crippen LogP contribution is -2.25. The molecule has 26 heavy (non-hydrogen) atoms. The molecule has 0 aromatic heterocycles. The van der Waals surface area contributed by atoms with Crippen LogP contribution in [-0.2, 0) is 28.9 Å². The first-order valence-corrected chi connectivity index (χ1v) is 11.0. The van der Waals surface area contributed by atoms with Crippen LogP contribution in [0, 0.1) is 0 Å². The van der Waals surface area contributed by atoms with E-state index in [0.717, 1.165) is 25.2 Å². The maximum atomic E-state index is 12.3. The molecule has 7 heteroatoms. The molecule has 3 rings (SSSR count). The van der Waals surface area contributed by atoms with E-state index in [1.54, 1.807) is 18.2 Å². The van der Waals surface area contributed by atoms with Crippen molar-refractivity contribution in [1.82, 2.24) is 9.62 Å². The van der Waals surface area contributed by atoms with E-state index in [4.69, 9.17) is 23.2 Å². The van der Waals surface area contributed by atoms with E-state index in [1.165, 1.54) is 18.4 Å². The van der Waals surface area contributed by atoms with Gasteiger partial charge in [-0.3, -0.25) is 4.90 Å². The standard InChI is InChI=1S/C19H22Cl2N2O2S/c20-18-4-3-5-19(21)17(18)14-26(24,25)22-12-15-6-8-16(9-7-15)13-23-10-1-2-11-23/h3-9,22H,1-2,10-14H2. The summed E-state index contributed by atoms with van der Waals surface area (Å²) in [5.41, 5.74) is 2.59. The maximum absolute atomic E-state index is 12.3. The number of sulfonamides is 1. The summed E-state index contributed by atoms with van der Waals surface area (Å²) in [7, 11) is -3.53. The number of rotatable bonds is 7. The molecule has 0 saturated carbocycles. The van der Waals surface area contributed by atoms with Crippen LogP contribution in [0.15, 0.2) is 42.5 Å². The van der Waals surface area contributed by atoms with E-state index in [-0.39, 0.29) is 12.3 Å². The zero-order chi connectivity index (χ0) is 18.6. The molecule has 1 aliphatic heterocycles. The molecule has 0 aliphatic carbocycles. The SMILES string of the molecule is O=S(=O)(Cc1c(Cl)cccc1Cl)NCc1ccc(CN2CCCC2)cc1. The fraction of sp³-hybridized carbons (Fsp3) is 0.368. The minimum Gasteiger partial charge on any atom is -0.299 e. The number of nitrogens with one attached hydrogen (secondary N) is 1. The van der Waals surface area contributed by atoms with Crippen molar-refractivity contribution < 1.29 is 8.42 Å². The van der Waals surface area contributed by atoms with Gasteiger partial charge in [0.25, 0.3) is 0 Å². The van der Waals surface area contributed by atoms with Crippen molar-refractivity contribution in [1.29, 1.82) is 0 Å². The second-order valence-corrected chi connectivity index (χ2v) is 9.20. The smallest absolute Gasteiger partial charge is 0.216 e. The van der Waals surface area contributed by atoms with Gasteiger partial charge in [0.1, 0.15) is 0 Å². The zero-order valence-corrected chi connectivity index (χ0v) is 16.7. The molecular formula is C19H22Cl2N2O2S. The third kappa shape index (κ3) is 5.44. The highest BCUT2D eigenvalue weighted by atomic mass is 35.5. The van der Waals surface area contributed by atoms with Gasteiger partial charge in [-0.2, -0.15) is 0 Å². The van der Waals surface area contributed by atoms with E-state index < -0.39 is 10.0 Å². The quantitative estimate of drug-likeness (QED) is 0.740. The third-order valence-corrected chi connectivity index (χ3v) is 6.48. The molecule has 1 saturated heterocycles. The molecule has 2 aromatic rings. The molecule has 140 valence electrons. The van der Waals surface area contributed by atoms with Gasteiger partial charge >= 0.3 is 0 Å². The lowest BCUT2D eigenvalue weighted by atomic mass is 10.1. The van der Waals surface area contributed by atoms with Gasteiger partial charge in [0.15, 0.2) is 0 Å². The van der Waals surface area contributed by atoms with E-state index in [9.17, 15) is 8.42 Å². The van der Waals surface area contributed by atoms with Gasteiger partial charge in [0, 0.05) is 28.7 Å². The van der Waals surface area contributed by atoms with E-state index in [0.29, 0.717) is 15.6 Å². The van der Waals surface area contributed by atoms with Gasteiger partial charge in [-0.25, -0.2) is 13.1 Å². The highest BCUT2D eigenvalue weighted by Crippen LogP contribution is 2.26. The zero-order valence-electron chi connectivity index (χ0n) is 14.4. The Kier molecular flexibility index (Phi) is 6.59. The van der Waals surface area contributed by atoms with Crippen molar-refractivity contribution in [2.45, 2.75) is 31.7 Å². The van der Waals surface area contributed by atoms with Crippen molar-refractivity contribution in [2.75, 3.05) is 13.1 Å². The van der Waals surface area contributed by atoms with Gasteiger partial charge in [-0.15, -0.1) is 0 Å². The normalized spacial score (nSPS) is 15.5. The summed E-state index contributed by atoms with van der Waals surface area (Å²) in [6, 6.07) is 13.0. The highest BCUT2D eigenvalue weighted by Gasteiger charge is 2.16. The molecule has 0 bridgehead atoms. The predicted octanol–water partition coefficient (Wildman–Crippen LogP) is 4.21. The van der Waals surface area contributed by atoms with Crippen molar-refractivity contribution in [3.63, 3.8) is 0 Å². The number of nitrogens with zero attached hydrogens (tertiary/aromatic N) is 1. The van der Waals surface area contributed by atoms with E-state index >= 15 is 0 Å². The molecule has 0 radical (unpaired) electrons. The Morgan fingerprint density at radius 3 is 2.12 bits per heavy atom. The second kappa shape index (κ2) is 8.72. The minimum absolute atomic E-state index is 0.238. The molecule has 1 N–H and O–H groups in total. The number of likely N-dealkylation sites (tertiary alicyclic amines) is 1. The Morgan fingerprint density at radius 2 is 1.50 bits per heavy atom. The molecule has 4 nitrogen and oxygen atoms in total. The minimum atomic E-state index is -3.53. The first kappa shape index (κ1) is 19.6. The van der Waals surface area contributed by atoms with Crippen molar-refractivity contribution in [3.05, 3.63) is 69.2 Å². The fourth-order valence-corrected chi connectivity index (χ4v) is 4.94. The van der Waals surface area contributed by atoms with Gasteiger partial charge in [-0.1, -0.05) is 53.5 Å². The Bertz CT molecular complexity index is 828. The number of benzene rings is 2. The molecule has 1 fully saturated rings. The third-order valence-electron chi connectivity index (χ3n) is 4.52. The number of hydrogen-bond acceptors (Lipinski definition) is 3. The Hall–Kier alpha value is -1.11. The van der Waals surface area contributed by atoms with Crippen LogP contribution in [0.4, 0.5) is 0 Å². The fourth-order valence-electron chi connectivity index (χ4n) is 3.07. The summed E-state index contributed by atoms with van der Waals surface area (Å²) in [5.74, 6) is -0.238. The molecule has 2 aromatic carbocycles. The summed E-state index contributed by atoms with van der Waals surface area (Å²) in [6.07, 6.45) is 2.55. The molecule has 0 amide bonds. The van der Waals surface area contributed by atoms with Crippen LogP contribution >= 0.6 is 23.2 Å². The summed E-state index contributed by atoms with van der Waals surface area (Å²) >= 11 is 12.1. The number of halogens is 2. The topological polar surface area (TPSA) is 49.4 Å². The summed E-state index contributed by atoms with van der Waals surface area (Å²) in [4.78, 5) is 2.44. The lowest BCUT2D eigenvalue weighted by molar-refractivity contribution is 0.331. The predicted molar refractivity (Wildman–Crippen MR) is 107 cm³/mol. The van der Waals surface area contributed by atoms with Crippen molar-refractivity contribution >= 4 is 33.2 Å². The molecule has 1 heterocycles. The maximum Gasteiger partial charge on any atom is 0.216 e. The van der Waals surface area contributed by atoms with Gasteiger partial charge in [0.05, 0.1) is 5.75 Å². The summed E-state index contributed by atoms with van der Waals surface area (Å²) in [5, 5.41) is 0.711. The van der Waals surface area contributed by atoms with Crippen LogP contribution < -0.4 is 4.72 Å². The van der Waals surface area contributed by atoms with Crippen LogP contribution in [0.25, 0.3) is 0 Å². The lowest BCUT2D eigenvalue weighted by Gasteiger charge is -2.15. The second-order valence-electron chi connectivity index (χ2n) is 6.58. The Balaban J connectivity index is 1.57. The van der Waals surface area contributed by atoms with Gasteiger partial charge in [-0.05, 0) is 49.2 Å². The van der Waals surface area contributed by atoms with Crippen LogP contribution in [0.5, 0.6) is 0 Å². The summed E-state index contributed by atoms with van der Waals surface area (Å²) < 4.78 is 27.3. The van der Waals surface area contributed by atoms with Crippen molar-refractivity contribution in [2.24, 2.45) is 0 Å². The highest BCUT2D eigenvalue weighted by molar-refractivity contribution is 7.88. The summed E-state index contributed by atoms with van der Waals surface area (Å²) in [6.45, 7) is 3.52. The first-order valence-electron chi connectivity index (χ1n) is 8.63. The molecule has 0 atom stereocenters. The average Bonchev–Trinajstić information content (AvgIpc) is 3.11. The van der Waals surface area contributed by atoms with Crippen molar-refractivity contribution in [3.8, 4) is 0 Å². The van der Waals surface area contributed by atoms with Crippen LogP contribution in [-0.4, -0.2) is 26.4 Å².